The molecule has 0 radical (unpaired) electrons. The van der Waals surface area contributed by atoms with Gasteiger partial charge >= 0.3 is 0 Å². The number of benzene rings is 1. The molecule has 0 spiro atoms. The summed E-state index contributed by atoms with van der Waals surface area (Å²) in [7, 11) is 3.99. The van der Waals surface area contributed by atoms with Crippen LogP contribution in [0, 0.1) is 6.92 Å². The normalized spacial score (nSPS) is 26.1. The first-order valence-electron chi connectivity index (χ1n) is 8.72. The topological polar surface area (TPSA) is 52.7 Å². The van der Waals surface area contributed by atoms with Gasteiger partial charge in [0.05, 0.1) is 5.41 Å². The van der Waals surface area contributed by atoms with Crippen molar-refractivity contribution in [1.29, 1.82) is 0 Å². The molecule has 1 N–H and O–H groups in total. The van der Waals surface area contributed by atoms with E-state index in [1.165, 1.54) is 0 Å². The van der Waals surface area contributed by atoms with Crippen LogP contribution >= 0.6 is 0 Å². The molecule has 0 bridgehead atoms. The summed E-state index contributed by atoms with van der Waals surface area (Å²) < 4.78 is 0. The zero-order valence-corrected chi connectivity index (χ0v) is 14.8. The number of hydrogen-bond donors (Lipinski definition) is 1. The van der Waals surface area contributed by atoms with Gasteiger partial charge in [-0.1, -0.05) is 29.8 Å². The fourth-order valence-corrected chi connectivity index (χ4v) is 3.99. The van der Waals surface area contributed by atoms with Crippen molar-refractivity contribution in [3.63, 3.8) is 0 Å². The van der Waals surface area contributed by atoms with Crippen molar-refractivity contribution in [3.05, 3.63) is 35.4 Å². The smallest absolute Gasteiger partial charge is 0.232 e. The predicted octanol–water partition coefficient (Wildman–Crippen LogP) is 1.31. The van der Waals surface area contributed by atoms with Gasteiger partial charge in [0, 0.05) is 32.1 Å². The summed E-state index contributed by atoms with van der Waals surface area (Å²) in [5, 5.41) is 3.10. The van der Waals surface area contributed by atoms with Crippen LogP contribution in [0.15, 0.2) is 24.3 Å². The highest BCUT2D eigenvalue weighted by atomic mass is 16.2. The third-order valence-electron chi connectivity index (χ3n) is 5.33. The summed E-state index contributed by atoms with van der Waals surface area (Å²) in [6.07, 6.45) is 2.23. The molecule has 24 heavy (non-hydrogen) atoms. The van der Waals surface area contributed by atoms with Gasteiger partial charge in [0.25, 0.3) is 0 Å². The molecule has 2 aliphatic heterocycles. The van der Waals surface area contributed by atoms with Gasteiger partial charge in [-0.3, -0.25) is 9.59 Å². The van der Waals surface area contributed by atoms with Crippen LogP contribution in [-0.4, -0.2) is 61.4 Å². The van der Waals surface area contributed by atoms with Gasteiger partial charge in [0.2, 0.25) is 11.8 Å². The summed E-state index contributed by atoms with van der Waals surface area (Å²) in [5.41, 5.74) is 1.57. The van der Waals surface area contributed by atoms with Crippen LogP contribution in [0.4, 0.5) is 0 Å². The zero-order chi connectivity index (χ0) is 17.3. The van der Waals surface area contributed by atoms with E-state index in [0.717, 1.165) is 30.5 Å². The Morgan fingerprint density at radius 2 is 2.21 bits per heavy atom. The van der Waals surface area contributed by atoms with E-state index in [1.54, 1.807) is 0 Å². The number of carbonyl (C=O) groups excluding carboxylic acids is 2. The maximum atomic E-state index is 13.1. The van der Waals surface area contributed by atoms with E-state index in [0.29, 0.717) is 19.5 Å². The Morgan fingerprint density at radius 3 is 2.88 bits per heavy atom. The van der Waals surface area contributed by atoms with Crippen molar-refractivity contribution in [3.8, 4) is 0 Å². The van der Waals surface area contributed by atoms with E-state index in [4.69, 9.17) is 0 Å². The molecule has 0 aromatic heterocycles. The van der Waals surface area contributed by atoms with Crippen LogP contribution in [0.3, 0.4) is 0 Å². The van der Waals surface area contributed by atoms with E-state index in [1.807, 2.05) is 44.1 Å². The minimum atomic E-state index is -0.612. The summed E-state index contributed by atoms with van der Waals surface area (Å²) in [4.78, 5) is 29.3. The molecule has 0 unspecified atom stereocenters. The number of hydrogen-bond acceptors (Lipinski definition) is 3. The number of fused-ring (bicyclic) bond motifs is 1. The lowest BCUT2D eigenvalue weighted by Gasteiger charge is -2.29. The monoisotopic (exact) mass is 329 g/mol. The number of nitrogens with zero attached hydrogens (tertiary/aromatic N) is 2. The second kappa shape index (κ2) is 6.55. The lowest BCUT2D eigenvalue weighted by atomic mass is 9.76. The number of nitrogens with one attached hydrogen (secondary N) is 1. The van der Waals surface area contributed by atoms with Crippen LogP contribution in [0.5, 0.6) is 0 Å². The molecule has 2 amide bonds. The van der Waals surface area contributed by atoms with Crippen molar-refractivity contribution >= 4 is 11.8 Å². The van der Waals surface area contributed by atoms with Gasteiger partial charge in [-0.25, -0.2) is 0 Å². The molecule has 1 aromatic rings. The quantitative estimate of drug-likeness (QED) is 0.886. The zero-order valence-electron chi connectivity index (χ0n) is 14.8. The average molecular weight is 329 g/mol. The maximum absolute atomic E-state index is 13.1. The molecule has 3 rings (SSSR count). The Labute approximate surface area is 144 Å². The largest absolute Gasteiger partial charge is 0.354 e. The first-order valence-corrected chi connectivity index (χ1v) is 8.72. The van der Waals surface area contributed by atoms with Crippen LogP contribution in [-0.2, 0) is 15.0 Å². The SMILES string of the molecule is Cc1cccc([C@@]2(C(=O)NCCN(C)C)C[C@@H]3CCC(=O)N3C2)c1. The number of carbonyl (C=O) groups is 2. The Bertz CT molecular complexity index is 643. The number of rotatable bonds is 5. The Kier molecular flexibility index (Phi) is 4.63. The minimum Gasteiger partial charge on any atom is -0.354 e. The van der Waals surface area contributed by atoms with Gasteiger partial charge in [0.1, 0.15) is 0 Å². The molecule has 5 nitrogen and oxygen atoms in total. The maximum Gasteiger partial charge on any atom is 0.232 e. The molecular formula is C19H27N3O2. The molecule has 2 atom stereocenters. The summed E-state index contributed by atoms with van der Waals surface area (Å²) in [6.45, 7) is 3.98. The number of aryl methyl sites for hydroxylation is 1. The highest BCUT2D eigenvalue weighted by Crippen LogP contribution is 2.43. The number of amides is 2. The van der Waals surface area contributed by atoms with E-state index >= 15 is 0 Å². The highest BCUT2D eigenvalue weighted by Gasteiger charge is 2.53. The van der Waals surface area contributed by atoms with Crippen LogP contribution in [0.2, 0.25) is 0 Å². The van der Waals surface area contributed by atoms with Crippen LogP contribution in [0.1, 0.15) is 30.4 Å². The molecular weight excluding hydrogens is 302 g/mol. The predicted molar refractivity (Wildman–Crippen MR) is 93.8 cm³/mol. The second-order valence-electron chi connectivity index (χ2n) is 7.43. The molecule has 5 heteroatoms. The Hall–Kier alpha value is -1.88. The average Bonchev–Trinajstić information content (AvgIpc) is 3.07. The first-order chi connectivity index (χ1) is 11.4. The molecule has 130 valence electrons. The van der Waals surface area contributed by atoms with Gasteiger partial charge in [0.15, 0.2) is 0 Å². The van der Waals surface area contributed by atoms with E-state index < -0.39 is 5.41 Å². The minimum absolute atomic E-state index is 0.0529. The van der Waals surface area contributed by atoms with E-state index in [-0.39, 0.29) is 17.9 Å². The highest BCUT2D eigenvalue weighted by molar-refractivity contribution is 5.91. The van der Waals surface area contributed by atoms with Crippen LogP contribution < -0.4 is 5.32 Å². The van der Waals surface area contributed by atoms with Crippen molar-refractivity contribution in [2.75, 3.05) is 33.7 Å². The molecule has 1 aromatic carbocycles. The van der Waals surface area contributed by atoms with Crippen molar-refractivity contribution in [1.82, 2.24) is 15.1 Å². The van der Waals surface area contributed by atoms with Gasteiger partial charge < -0.3 is 15.1 Å². The third-order valence-corrected chi connectivity index (χ3v) is 5.33. The van der Waals surface area contributed by atoms with Crippen molar-refractivity contribution in [2.24, 2.45) is 0 Å². The lowest BCUT2D eigenvalue weighted by Crippen LogP contribution is -2.48. The van der Waals surface area contributed by atoms with Gasteiger partial charge in [-0.2, -0.15) is 0 Å². The van der Waals surface area contributed by atoms with Gasteiger partial charge in [-0.05, 0) is 39.4 Å². The fraction of sp³-hybridized carbons (Fsp3) is 0.579. The molecule has 2 fully saturated rings. The van der Waals surface area contributed by atoms with Gasteiger partial charge in [-0.15, -0.1) is 0 Å². The standard InChI is InChI=1S/C19H27N3O2/c1-14-5-4-6-15(11-14)19(18(24)20-9-10-21(2)3)12-16-7-8-17(23)22(16)13-19/h4-6,11,16H,7-10,12-13H2,1-3H3,(H,20,24)/t16-,19+/m0/s1. The lowest BCUT2D eigenvalue weighted by molar-refractivity contribution is -0.129. The number of likely N-dealkylation sites (N-methyl/N-ethyl adjacent to an activating group) is 1. The fourth-order valence-electron chi connectivity index (χ4n) is 3.99. The Morgan fingerprint density at radius 1 is 1.42 bits per heavy atom. The Balaban J connectivity index is 1.88. The molecule has 2 aliphatic rings. The summed E-state index contributed by atoms with van der Waals surface area (Å²) in [5.74, 6) is 0.243. The van der Waals surface area contributed by atoms with Crippen molar-refractivity contribution < 1.29 is 9.59 Å². The molecule has 0 saturated carbocycles. The summed E-state index contributed by atoms with van der Waals surface area (Å²) in [6, 6.07) is 8.38. The first kappa shape index (κ1) is 17.0. The molecule has 2 saturated heterocycles. The third kappa shape index (κ3) is 3.05. The molecule has 2 heterocycles. The van der Waals surface area contributed by atoms with Crippen molar-refractivity contribution in [2.45, 2.75) is 37.6 Å². The van der Waals surface area contributed by atoms with E-state index in [2.05, 4.69) is 16.3 Å². The molecule has 0 aliphatic carbocycles. The van der Waals surface area contributed by atoms with E-state index in [9.17, 15) is 9.59 Å². The summed E-state index contributed by atoms with van der Waals surface area (Å²) >= 11 is 0. The van der Waals surface area contributed by atoms with Crippen LogP contribution in [0.25, 0.3) is 0 Å². The second-order valence-corrected chi connectivity index (χ2v) is 7.43.